The van der Waals surface area contributed by atoms with E-state index in [1.807, 2.05) is 0 Å². The summed E-state index contributed by atoms with van der Waals surface area (Å²) in [4.78, 5) is 49.8. The highest BCUT2D eigenvalue weighted by atomic mass is 16.2. The zero-order valence-corrected chi connectivity index (χ0v) is 14.3. The maximum atomic E-state index is 12.5. The molecule has 1 aliphatic rings. The molecule has 0 aliphatic carbocycles. The molecule has 2 N–H and O–H groups in total. The molecule has 0 saturated carbocycles. The molecule has 0 unspecified atom stereocenters. The van der Waals surface area contributed by atoms with Crippen molar-refractivity contribution in [2.24, 2.45) is 0 Å². The fourth-order valence-corrected chi connectivity index (χ4v) is 2.77. The van der Waals surface area contributed by atoms with E-state index >= 15 is 0 Å². The van der Waals surface area contributed by atoms with Crippen molar-refractivity contribution in [3.8, 4) is 0 Å². The Kier molecular flexibility index (Phi) is 4.53. The zero-order valence-electron chi connectivity index (χ0n) is 14.3. The Labute approximate surface area is 150 Å². The van der Waals surface area contributed by atoms with Gasteiger partial charge in [-0.25, -0.2) is 0 Å². The zero-order chi connectivity index (χ0) is 18.8. The minimum Gasteiger partial charge on any atom is -0.355 e. The number of benzene rings is 2. The van der Waals surface area contributed by atoms with E-state index in [-0.39, 0.29) is 5.91 Å². The van der Waals surface area contributed by atoms with Crippen LogP contribution in [0.5, 0.6) is 0 Å². The Morgan fingerprint density at radius 2 is 1.46 bits per heavy atom. The van der Waals surface area contributed by atoms with Crippen LogP contribution in [-0.4, -0.2) is 41.6 Å². The van der Waals surface area contributed by atoms with Gasteiger partial charge in [0, 0.05) is 18.3 Å². The highest BCUT2D eigenvalue weighted by molar-refractivity contribution is 6.23. The molecular formula is C19H17N3O4. The standard InChI is InChI=1S/C19H17N3O4/c1-11(22-18(25)14-5-3-4-6-15(14)19(22)26)16(23)21-13-9-7-12(8-10-13)17(24)20-2/h3-11H,1-2H3,(H,20,24)(H,21,23)/t11-/m1/s1. The maximum Gasteiger partial charge on any atom is 0.262 e. The predicted molar refractivity (Wildman–Crippen MR) is 94.9 cm³/mol. The van der Waals surface area contributed by atoms with Crippen molar-refractivity contribution in [3.63, 3.8) is 0 Å². The van der Waals surface area contributed by atoms with Gasteiger partial charge in [-0.05, 0) is 43.3 Å². The second-order valence-corrected chi connectivity index (χ2v) is 5.85. The lowest BCUT2D eigenvalue weighted by atomic mass is 10.1. The number of imide groups is 1. The van der Waals surface area contributed by atoms with E-state index in [1.165, 1.54) is 14.0 Å². The van der Waals surface area contributed by atoms with Gasteiger partial charge in [-0.15, -0.1) is 0 Å². The number of nitrogens with zero attached hydrogens (tertiary/aromatic N) is 1. The van der Waals surface area contributed by atoms with Crippen LogP contribution in [0, 0.1) is 0 Å². The van der Waals surface area contributed by atoms with E-state index in [2.05, 4.69) is 10.6 Å². The third-order valence-electron chi connectivity index (χ3n) is 4.23. The lowest BCUT2D eigenvalue weighted by Gasteiger charge is -2.21. The largest absolute Gasteiger partial charge is 0.355 e. The first-order valence-electron chi connectivity index (χ1n) is 8.04. The highest BCUT2D eigenvalue weighted by Crippen LogP contribution is 2.25. The molecule has 3 rings (SSSR count). The SMILES string of the molecule is CNC(=O)c1ccc(NC(=O)[C@@H](C)N2C(=O)c3ccccc3C2=O)cc1. The number of carbonyl (C=O) groups is 4. The fourth-order valence-electron chi connectivity index (χ4n) is 2.77. The summed E-state index contributed by atoms with van der Waals surface area (Å²) >= 11 is 0. The van der Waals surface area contributed by atoms with Crippen LogP contribution in [0.3, 0.4) is 0 Å². The minimum atomic E-state index is -0.971. The van der Waals surface area contributed by atoms with Crippen molar-refractivity contribution in [1.82, 2.24) is 10.2 Å². The molecular weight excluding hydrogens is 334 g/mol. The van der Waals surface area contributed by atoms with E-state index in [0.29, 0.717) is 22.4 Å². The summed E-state index contributed by atoms with van der Waals surface area (Å²) in [5.74, 6) is -1.69. The van der Waals surface area contributed by atoms with E-state index in [4.69, 9.17) is 0 Å². The lowest BCUT2D eigenvalue weighted by Crippen LogP contribution is -2.45. The molecule has 0 fully saturated rings. The molecule has 132 valence electrons. The maximum absolute atomic E-state index is 12.5. The molecule has 1 aliphatic heterocycles. The van der Waals surface area contributed by atoms with E-state index in [9.17, 15) is 19.2 Å². The molecule has 26 heavy (non-hydrogen) atoms. The van der Waals surface area contributed by atoms with Crippen molar-refractivity contribution in [2.75, 3.05) is 12.4 Å². The molecule has 2 aromatic carbocycles. The average molecular weight is 351 g/mol. The summed E-state index contributed by atoms with van der Waals surface area (Å²) in [6.07, 6.45) is 0. The van der Waals surface area contributed by atoms with Gasteiger partial charge in [0.1, 0.15) is 6.04 Å². The lowest BCUT2D eigenvalue weighted by molar-refractivity contribution is -0.119. The van der Waals surface area contributed by atoms with Gasteiger partial charge in [0.05, 0.1) is 11.1 Å². The first-order chi connectivity index (χ1) is 12.4. The van der Waals surface area contributed by atoms with Crippen molar-refractivity contribution in [3.05, 3.63) is 65.2 Å². The molecule has 4 amide bonds. The molecule has 0 radical (unpaired) electrons. The molecule has 0 spiro atoms. The Bertz CT molecular complexity index is 870. The number of carbonyl (C=O) groups excluding carboxylic acids is 4. The molecule has 1 atom stereocenters. The van der Waals surface area contributed by atoms with E-state index in [1.54, 1.807) is 48.5 Å². The van der Waals surface area contributed by atoms with Gasteiger partial charge in [0.2, 0.25) is 5.91 Å². The second-order valence-electron chi connectivity index (χ2n) is 5.85. The topological polar surface area (TPSA) is 95.6 Å². The second kappa shape index (κ2) is 6.79. The smallest absolute Gasteiger partial charge is 0.262 e. The minimum absolute atomic E-state index is 0.234. The van der Waals surface area contributed by atoms with Crippen LogP contribution >= 0.6 is 0 Å². The molecule has 0 saturated heterocycles. The average Bonchev–Trinajstić information content (AvgIpc) is 2.92. The summed E-state index contributed by atoms with van der Waals surface area (Å²) in [6, 6.07) is 11.8. The Hall–Kier alpha value is -3.48. The van der Waals surface area contributed by atoms with Gasteiger partial charge in [0.25, 0.3) is 17.7 Å². The first kappa shape index (κ1) is 17.3. The molecule has 7 heteroatoms. The normalized spacial score (nSPS) is 14.0. The van der Waals surface area contributed by atoms with Crippen LogP contribution in [0.15, 0.2) is 48.5 Å². The number of anilines is 1. The monoisotopic (exact) mass is 351 g/mol. The van der Waals surface area contributed by atoms with Crippen molar-refractivity contribution in [1.29, 1.82) is 0 Å². The van der Waals surface area contributed by atoms with Gasteiger partial charge < -0.3 is 10.6 Å². The fraction of sp³-hybridized carbons (Fsp3) is 0.158. The van der Waals surface area contributed by atoms with Crippen LogP contribution < -0.4 is 10.6 Å². The number of hydrogen-bond donors (Lipinski definition) is 2. The molecule has 0 bridgehead atoms. The first-order valence-corrected chi connectivity index (χ1v) is 8.04. The summed E-state index contributed by atoms with van der Waals surface area (Å²) < 4.78 is 0. The summed E-state index contributed by atoms with van der Waals surface area (Å²) in [5, 5.41) is 5.16. The van der Waals surface area contributed by atoms with Crippen LogP contribution in [0.2, 0.25) is 0 Å². The van der Waals surface area contributed by atoms with Crippen molar-refractivity contribution >= 4 is 29.3 Å². The molecule has 7 nitrogen and oxygen atoms in total. The number of nitrogens with one attached hydrogen (secondary N) is 2. The molecule has 1 heterocycles. The number of amides is 4. The highest BCUT2D eigenvalue weighted by Gasteiger charge is 2.40. The number of hydrogen-bond acceptors (Lipinski definition) is 4. The predicted octanol–water partition coefficient (Wildman–Crippen LogP) is 1.67. The van der Waals surface area contributed by atoms with E-state index < -0.39 is 23.8 Å². The third-order valence-corrected chi connectivity index (χ3v) is 4.23. The Balaban J connectivity index is 1.74. The van der Waals surface area contributed by atoms with Crippen LogP contribution in [-0.2, 0) is 4.79 Å². The van der Waals surface area contributed by atoms with Gasteiger partial charge in [0.15, 0.2) is 0 Å². The van der Waals surface area contributed by atoms with Gasteiger partial charge in [-0.3, -0.25) is 24.1 Å². The number of rotatable bonds is 4. The quantitative estimate of drug-likeness (QED) is 0.819. The Morgan fingerprint density at radius 3 is 1.96 bits per heavy atom. The summed E-state index contributed by atoms with van der Waals surface area (Å²) in [6.45, 7) is 1.50. The summed E-state index contributed by atoms with van der Waals surface area (Å²) in [7, 11) is 1.53. The third kappa shape index (κ3) is 2.95. The Morgan fingerprint density at radius 1 is 0.923 bits per heavy atom. The number of fused-ring (bicyclic) bond motifs is 1. The van der Waals surface area contributed by atoms with Gasteiger partial charge in [-0.1, -0.05) is 12.1 Å². The van der Waals surface area contributed by atoms with Crippen LogP contribution in [0.4, 0.5) is 5.69 Å². The molecule has 0 aromatic heterocycles. The van der Waals surface area contributed by atoms with E-state index in [0.717, 1.165) is 4.90 Å². The van der Waals surface area contributed by atoms with Gasteiger partial charge in [-0.2, -0.15) is 0 Å². The summed E-state index contributed by atoms with van der Waals surface area (Å²) in [5.41, 5.74) is 1.52. The van der Waals surface area contributed by atoms with Crippen molar-refractivity contribution < 1.29 is 19.2 Å². The van der Waals surface area contributed by atoms with Crippen LogP contribution in [0.1, 0.15) is 38.0 Å². The molecule has 2 aromatic rings. The van der Waals surface area contributed by atoms with Crippen LogP contribution in [0.25, 0.3) is 0 Å². The van der Waals surface area contributed by atoms with Crippen molar-refractivity contribution in [2.45, 2.75) is 13.0 Å². The van der Waals surface area contributed by atoms with Gasteiger partial charge >= 0.3 is 0 Å².